The Bertz CT molecular complexity index is 770. The minimum absolute atomic E-state index is 0.104. The van der Waals surface area contributed by atoms with Gasteiger partial charge in [-0.3, -0.25) is 0 Å². The van der Waals surface area contributed by atoms with Crippen molar-refractivity contribution in [2.24, 2.45) is 0 Å². The number of nitrogens with zero attached hydrogens (tertiary/aromatic N) is 2. The van der Waals surface area contributed by atoms with Gasteiger partial charge in [0, 0.05) is 14.9 Å². The Morgan fingerprint density at radius 2 is 1.86 bits per heavy atom. The standard InChI is InChI=1S/C17H15BrN2OS/c1-11-4-3-5-13(10-11)17-20-19-16(21-17)12(2)22-15-8-6-14(18)7-9-15/h3-10,12H,1-2H3. The van der Waals surface area contributed by atoms with Gasteiger partial charge in [0.15, 0.2) is 0 Å². The molecule has 0 aliphatic carbocycles. The van der Waals surface area contributed by atoms with Crippen LogP contribution in [0.1, 0.15) is 23.6 Å². The van der Waals surface area contributed by atoms with E-state index in [1.165, 1.54) is 10.5 Å². The van der Waals surface area contributed by atoms with Gasteiger partial charge in [-0.15, -0.1) is 22.0 Å². The Kier molecular flexibility index (Phi) is 4.64. The first-order chi connectivity index (χ1) is 10.6. The van der Waals surface area contributed by atoms with Gasteiger partial charge in [-0.2, -0.15) is 0 Å². The molecule has 3 aromatic rings. The van der Waals surface area contributed by atoms with Crippen LogP contribution in [0.5, 0.6) is 0 Å². The van der Waals surface area contributed by atoms with Crippen LogP contribution in [0, 0.1) is 6.92 Å². The van der Waals surface area contributed by atoms with Gasteiger partial charge in [0.25, 0.3) is 0 Å². The highest BCUT2D eigenvalue weighted by Crippen LogP contribution is 2.35. The van der Waals surface area contributed by atoms with Gasteiger partial charge >= 0.3 is 0 Å². The highest BCUT2D eigenvalue weighted by atomic mass is 79.9. The molecule has 1 atom stereocenters. The van der Waals surface area contributed by atoms with Gasteiger partial charge in [0.2, 0.25) is 11.8 Å². The summed E-state index contributed by atoms with van der Waals surface area (Å²) < 4.78 is 6.90. The molecule has 0 amide bonds. The van der Waals surface area contributed by atoms with Gasteiger partial charge in [-0.1, -0.05) is 33.6 Å². The topological polar surface area (TPSA) is 38.9 Å². The largest absolute Gasteiger partial charge is 0.419 e. The van der Waals surface area contributed by atoms with E-state index < -0.39 is 0 Å². The fraction of sp³-hybridized carbons (Fsp3) is 0.176. The summed E-state index contributed by atoms with van der Waals surface area (Å²) in [4.78, 5) is 1.17. The van der Waals surface area contributed by atoms with Crippen molar-refractivity contribution in [3.05, 3.63) is 64.5 Å². The zero-order chi connectivity index (χ0) is 15.5. The molecule has 0 N–H and O–H groups in total. The molecule has 0 bridgehead atoms. The quantitative estimate of drug-likeness (QED) is 0.552. The average molecular weight is 375 g/mol. The maximum atomic E-state index is 5.83. The zero-order valence-electron chi connectivity index (χ0n) is 12.3. The summed E-state index contributed by atoms with van der Waals surface area (Å²) in [6, 6.07) is 16.3. The first-order valence-electron chi connectivity index (χ1n) is 6.94. The van der Waals surface area contributed by atoms with Crippen molar-refractivity contribution in [3.63, 3.8) is 0 Å². The summed E-state index contributed by atoms with van der Waals surface area (Å²) in [6.07, 6.45) is 0. The monoisotopic (exact) mass is 374 g/mol. The molecule has 1 unspecified atom stereocenters. The molecule has 2 aromatic carbocycles. The number of hydrogen-bond donors (Lipinski definition) is 0. The molecule has 112 valence electrons. The molecular weight excluding hydrogens is 360 g/mol. The van der Waals surface area contributed by atoms with E-state index >= 15 is 0 Å². The van der Waals surface area contributed by atoms with Crippen LogP contribution in [-0.2, 0) is 0 Å². The van der Waals surface area contributed by atoms with Crippen LogP contribution < -0.4 is 0 Å². The van der Waals surface area contributed by atoms with Crippen LogP contribution in [0.25, 0.3) is 11.5 Å². The summed E-state index contributed by atoms with van der Waals surface area (Å²) in [5, 5.41) is 8.46. The average Bonchev–Trinajstić information content (AvgIpc) is 3.00. The molecule has 0 spiro atoms. The predicted octanol–water partition coefficient (Wildman–Crippen LogP) is 5.66. The third-order valence-electron chi connectivity index (χ3n) is 3.18. The van der Waals surface area contributed by atoms with Crippen molar-refractivity contribution in [2.45, 2.75) is 24.0 Å². The van der Waals surface area contributed by atoms with Gasteiger partial charge in [-0.25, -0.2) is 0 Å². The zero-order valence-corrected chi connectivity index (χ0v) is 14.7. The molecule has 22 heavy (non-hydrogen) atoms. The molecule has 3 rings (SSSR count). The number of thioether (sulfide) groups is 1. The second-order valence-electron chi connectivity index (χ2n) is 5.03. The lowest BCUT2D eigenvalue weighted by molar-refractivity contribution is 0.509. The summed E-state index contributed by atoms with van der Waals surface area (Å²) in [7, 11) is 0. The normalized spacial score (nSPS) is 12.3. The van der Waals surface area contributed by atoms with Crippen LogP contribution in [-0.4, -0.2) is 10.2 Å². The van der Waals surface area contributed by atoms with Gasteiger partial charge in [-0.05, 0) is 50.2 Å². The molecular formula is C17H15BrN2OS. The summed E-state index contributed by atoms with van der Waals surface area (Å²) in [5.41, 5.74) is 2.13. The Morgan fingerprint density at radius 1 is 1.09 bits per heavy atom. The lowest BCUT2D eigenvalue weighted by Gasteiger charge is -2.06. The van der Waals surface area contributed by atoms with Gasteiger partial charge in [0.05, 0.1) is 5.25 Å². The number of halogens is 1. The molecule has 1 aromatic heterocycles. The Hall–Kier alpha value is -1.59. The number of aromatic nitrogens is 2. The minimum Gasteiger partial charge on any atom is -0.419 e. The van der Waals surface area contributed by atoms with Crippen molar-refractivity contribution in [2.75, 3.05) is 0 Å². The van der Waals surface area contributed by atoms with Crippen molar-refractivity contribution in [1.82, 2.24) is 10.2 Å². The Balaban J connectivity index is 1.76. The van der Waals surface area contributed by atoms with Crippen molar-refractivity contribution >= 4 is 27.7 Å². The van der Waals surface area contributed by atoms with Crippen LogP contribution in [0.4, 0.5) is 0 Å². The van der Waals surface area contributed by atoms with Gasteiger partial charge in [0.1, 0.15) is 0 Å². The van der Waals surface area contributed by atoms with E-state index in [1.54, 1.807) is 11.8 Å². The van der Waals surface area contributed by atoms with E-state index in [4.69, 9.17) is 4.42 Å². The van der Waals surface area contributed by atoms with Crippen molar-refractivity contribution in [1.29, 1.82) is 0 Å². The molecule has 0 fully saturated rings. The van der Waals surface area contributed by atoms with Crippen LogP contribution >= 0.6 is 27.7 Å². The Labute approximate surface area is 142 Å². The molecule has 0 aliphatic rings. The summed E-state index contributed by atoms with van der Waals surface area (Å²) >= 11 is 5.14. The molecule has 0 saturated carbocycles. The highest BCUT2D eigenvalue weighted by Gasteiger charge is 2.16. The van der Waals surface area contributed by atoms with E-state index in [2.05, 4.69) is 45.2 Å². The van der Waals surface area contributed by atoms with Crippen LogP contribution in [0.2, 0.25) is 0 Å². The number of benzene rings is 2. The van der Waals surface area contributed by atoms with Crippen LogP contribution in [0.15, 0.2) is 62.3 Å². The van der Waals surface area contributed by atoms with Crippen molar-refractivity contribution in [3.8, 4) is 11.5 Å². The number of hydrogen-bond acceptors (Lipinski definition) is 4. The van der Waals surface area contributed by atoms with Gasteiger partial charge < -0.3 is 4.42 Å². The Morgan fingerprint density at radius 3 is 2.59 bits per heavy atom. The first kappa shape index (κ1) is 15.3. The lowest BCUT2D eigenvalue weighted by atomic mass is 10.1. The lowest BCUT2D eigenvalue weighted by Crippen LogP contribution is -1.88. The third kappa shape index (κ3) is 3.59. The molecule has 0 saturated heterocycles. The van der Waals surface area contributed by atoms with Crippen LogP contribution in [0.3, 0.4) is 0 Å². The number of aryl methyl sites for hydroxylation is 1. The summed E-state index contributed by atoms with van der Waals surface area (Å²) in [5.74, 6) is 1.21. The molecule has 0 aliphatic heterocycles. The highest BCUT2D eigenvalue weighted by molar-refractivity contribution is 9.10. The second kappa shape index (κ2) is 6.67. The predicted molar refractivity (Wildman–Crippen MR) is 92.9 cm³/mol. The fourth-order valence-electron chi connectivity index (χ4n) is 2.06. The maximum absolute atomic E-state index is 5.83. The van der Waals surface area contributed by atoms with E-state index in [1.807, 2.05) is 43.3 Å². The van der Waals surface area contributed by atoms with E-state index in [9.17, 15) is 0 Å². The second-order valence-corrected chi connectivity index (χ2v) is 7.36. The number of rotatable bonds is 4. The molecule has 0 radical (unpaired) electrons. The maximum Gasteiger partial charge on any atom is 0.247 e. The molecule has 5 heteroatoms. The molecule has 1 heterocycles. The molecule has 3 nitrogen and oxygen atoms in total. The summed E-state index contributed by atoms with van der Waals surface area (Å²) in [6.45, 7) is 4.12. The smallest absolute Gasteiger partial charge is 0.247 e. The van der Waals surface area contributed by atoms with E-state index in [0.717, 1.165) is 10.0 Å². The SMILES string of the molecule is Cc1cccc(-c2nnc(C(C)Sc3ccc(Br)cc3)o2)c1. The van der Waals surface area contributed by atoms with E-state index in [0.29, 0.717) is 11.8 Å². The first-order valence-corrected chi connectivity index (χ1v) is 8.62. The fourth-order valence-corrected chi connectivity index (χ4v) is 3.22. The third-order valence-corrected chi connectivity index (χ3v) is 4.81. The minimum atomic E-state index is 0.104. The van der Waals surface area contributed by atoms with E-state index in [-0.39, 0.29) is 5.25 Å². The van der Waals surface area contributed by atoms with Crippen molar-refractivity contribution < 1.29 is 4.42 Å².